The van der Waals surface area contributed by atoms with Crippen molar-refractivity contribution in [1.29, 1.82) is 0 Å². The van der Waals surface area contributed by atoms with Gasteiger partial charge in [-0.3, -0.25) is 0 Å². The van der Waals surface area contributed by atoms with E-state index in [0.717, 1.165) is 22.3 Å². The summed E-state index contributed by atoms with van der Waals surface area (Å²) in [4.78, 5) is 26.0. The third-order valence-electron chi connectivity index (χ3n) is 12.5. The molecule has 14 heteroatoms. The Morgan fingerprint density at radius 1 is 0.222 bits per heavy atom. The molecular formula is C58H52F8N6. The Morgan fingerprint density at radius 2 is 0.375 bits per heavy atom. The highest BCUT2D eigenvalue weighted by molar-refractivity contribution is 5.77. The zero-order valence-corrected chi connectivity index (χ0v) is 41.9. The monoisotopic (exact) mass is 984 g/mol. The van der Waals surface area contributed by atoms with E-state index in [1.54, 1.807) is 97.1 Å². The first-order chi connectivity index (χ1) is 33.5. The summed E-state index contributed by atoms with van der Waals surface area (Å²) in [5, 5.41) is 0. The lowest BCUT2D eigenvalue weighted by Gasteiger charge is -2.20. The van der Waals surface area contributed by atoms with Gasteiger partial charge >= 0.3 is 0 Å². The maximum Gasteiger partial charge on any atom is 0.173 e. The molecule has 0 N–H and O–H groups in total. The van der Waals surface area contributed by atoms with Gasteiger partial charge in [-0.1, -0.05) is 180 Å². The Labute approximate surface area is 413 Å². The summed E-state index contributed by atoms with van der Waals surface area (Å²) in [5.41, 5.74) is -2.95. The van der Waals surface area contributed by atoms with Gasteiger partial charge in [0, 0.05) is 22.3 Å². The van der Waals surface area contributed by atoms with Gasteiger partial charge < -0.3 is 0 Å². The molecular weight excluding hydrogens is 933 g/mol. The second-order valence-electron chi connectivity index (χ2n) is 21.9. The van der Waals surface area contributed by atoms with E-state index in [2.05, 4.69) is 29.9 Å². The van der Waals surface area contributed by atoms with Crippen molar-refractivity contribution in [2.45, 2.75) is 105 Å². The van der Waals surface area contributed by atoms with Crippen LogP contribution in [-0.2, 0) is 21.7 Å². The van der Waals surface area contributed by atoms with Crippen LogP contribution in [0.2, 0.25) is 0 Å². The van der Waals surface area contributed by atoms with Gasteiger partial charge in [0.15, 0.2) is 81.5 Å². The van der Waals surface area contributed by atoms with Crippen LogP contribution < -0.4 is 0 Å². The van der Waals surface area contributed by atoms with Crippen LogP contribution in [0.15, 0.2) is 97.1 Å². The van der Waals surface area contributed by atoms with Crippen molar-refractivity contribution < 1.29 is 35.1 Å². The third kappa shape index (κ3) is 9.75. The fourth-order valence-electron chi connectivity index (χ4n) is 8.06. The molecule has 2 heterocycles. The smallest absolute Gasteiger partial charge is 0.173 e. The molecule has 0 saturated heterocycles. The molecule has 8 aromatic rings. The number of benzene rings is 6. The molecule has 0 atom stereocenters. The number of hydrogen-bond acceptors (Lipinski definition) is 6. The Kier molecular flexibility index (Phi) is 13.1. The molecule has 0 aliphatic rings. The highest BCUT2D eigenvalue weighted by Crippen LogP contribution is 2.43. The van der Waals surface area contributed by atoms with Gasteiger partial charge in [0.2, 0.25) is 0 Å². The third-order valence-corrected chi connectivity index (χ3v) is 12.5. The minimum Gasteiger partial charge on any atom is -0.208 e. The zero-order valence-electron chi connectivity index (χ0n) is 41.9. The van der Waals surface area contributed by atoms with Crippen molar-refractivity contribution in [2.75, 3.05) is 0 Å². The maximum atomic E-state index is 16.6. The van der Waals surface area contributed by atoms with Gasteiger partial charge in [0.1, 0.15) is 0 Å². The van der Waals surface area contributed by atoms with Crippen LogP contribution in [0.5, 0.6) is 0 Å². The van der Waals surface area contributed by atoms with Crippen LogP contribution in [0.3, 0.4) is 0 Å². The Hall–Kier alpha value is -7.22. The summed E-state index contributed by atoms with van der Waals surface area (Å²) in [5.74, 6) is -20.7. The molecule has 0 bridgehead atoms. The molecule has 72 heavy (non-hydrogen) atoms. The number of halogens is 8. The van der Waals surface area contributed by atoms with E-state index in [1.165, 1.54) is 0 Å². The van der Waals surface area contributed by atoms with E-state index in [9.17, 15) is 0 Å². The van der Waals surface area contributed by atoms with E-state index in [0.29, 0.717) is 22.3 Å². The molecule has 0 spiro atoms. The SMILES string of the molecule is CC(C)(C)c1ccc(-c2nc(-c3ccc(C(C)(C)C)cc3)nc(-c3c(F)c(F)c(-c4c(F)c(F)c(-c5nc(-c6ccc(C(C)(C)C)cc6)nc(-c6ccc(C(C)(C)C)cc6)n5)c(F)c4F)c(F)c3F)n2)cc1. The van der Waals surface area contributed by atoms with Crippen molar-refractivity contribution in [3.05, 3.63) is 166 Å². The summed E-state index contributed by atoms with van der Waals surface area (Å²) in [6.45, 7) is 24.0. The highest BCUT2D eigenvalue weighted by Gasteiger charge is 2.37. The van der Waals surface area contributed by atoms with Crippen LogP contribution in [0.4, 0.5) is 35.1 Å². The minimum atomic E-state index is -2.39. The number of hydrogen-bond donors (Lipinski definition) is 0. The van der Waals surface area contributed by atoms with Gasteiger partial charge in [-0.2, -0.15) is 0 Å². The van der Waals surface area contributed by atoms with Crippen LogP contribution in [0.25, 0.3) is 79.5 Å². The van der Waals surface area contributed by atoms with Crippen LogP contribution in [0.1, 0.15) is 105 Å². The lowest BCUT2D eigenvalue weighted by molar-refractivity contribution is 0.445. The summed E-state index contributed by atoms with van der Waals surface area (Å²) >= 11 is 0. The summed E-state index contributed by atoms with van der Waals surface area (Å²) in [6.07, 6.45) is 0. The standard InChI is InChI=1S/C58H52F8N6/c1-55(2,3)33-21-13-29(14-22-33)49-67-50(30-15-23-34(24-16-30)56(4,5)6)70-53(69-49)39-45(63)41(59)37(42(60)46(39)64)38-43(61)47(65)40(48(66)44(38)62)54-71-51(31-17-25-35(26-18-31)57(7,8)9)68-52(72-54)32-19-27-36(28-20-32)58(10,11)12/h13-28H,1-12H3. The molecule has 370 valence electrons. The topological polar surface area (TPSA) is 77.3 Å². The number of aromatic nitrogens is 6. The molecule has 6 aromatic carbocycles. The first-order valence-corrected chi connectivity index (χ1v) is 23.2. The van der Waals surface area contributed by atoms with Gasteiger partial charge in [-0.15, -0.1) is 0 Å². The van der Waals surface area contributed by atoms with Crippen LogP contribution >= 0.6 is 0 Å². The largest absolute Gasteiger partial charge is 0.208 e. The predicted molar refractivity (Wildman–Crippen MR) is 266 cm³/mol. The van der Waals surface area contributed by atoms with Gasteiger partial charge in [0.05, 0.1) is 22.3 Å². The molecule has 0 amide bonds. The molecule has 0 aliphatic carbocycles. The molecule has 6 nitrogen and oxygen atoms in total. The molecule has 0 saturated carbocycles. The maximum absolute atomic E-state index is 16.6. The average Bonchev–Trinajstić information content (AvgIpc) is 3.33. The van der Waals surface area contributed by atoms with Crippen molar-refractivity contribution in [2.24, 2.45) is 0 Å². The summed E-state index contributed by atoms with van der Waals surface area (Å²) < 4.78 is 132. The van der Waals surface area contributed by atoms with Crippen molar-refractivity contribution in [1.82, 2.24) is 29.9 Å². The first-order valence-electron chi connectivity index (χ1n) is 23.2. The second-order valence-corrected chi connectivity index (χ2v) is 21.9. The van der Waals surface area contributed by atoms with E-state index < -0.39 is 80.4 Å². The van der Waals surface area contributed by atoms with Gasteiger partial charge in [0.25, 0.3) is 0 Å². The van der Waals surface area contributed by atoms with Crippen molar-refractivity contribution >= 4 is 0 Å². The number of rotatable bonds is 7. The van der Waals surface area contributed by atoms with Crippen LogP contribution in [0, 0.1) is 46.5 Å². The lowest BCUT2D eigenvalue weighted by atomic mass is 9.86. The fourth-order valence-corrected chi connectivity index (χ4v) is 8.06. The molecule has 0 fully saturated rings. The van der Waals surface area contributed by atoms with E-state index in [-0.39, 0.29) is 45.0 Å². The molecule has 0 aliphatic heterocycles. The molecule has 2 aromatic heterocycles. The second kappa shape index (κ2) is 18.4. The quantitative estimate of drug-likeness (QED) is 0.117. The van der Waals surface area contributed by atoms with E-state index in [1.807, 2.05) is 83.1 Å². The van der Waals surface area contributed by atoms with Crippen molar-refractivity contribution in [3.63, 3.8) is 0 Å². The van der Waals surface area contributed by atoms with Crippen LogP contribution in [-0.4, -0.2) is 29.9 Å². The predicted octanol–water partition coefficient (Wildman–Crippen LogP) is 16.0. The van der Waals surface area contributed by atoms with E-state index in [4.69, 9.17) is 0 Å². The first kappa shape index (κ1) is 51.1. The number of nitrogens with zero attached hydrogens (tertiary/aromatic N) is 6. The van der Waals surface area contributed by atoms with Gasteiger partial charge in [-0.05, 0) is 43.9 Å². The normalized spacial score (nSPS) is 12.4. The summed E-state index contributed by atoms with van der Waals surface area (Å²) in [7, 11) is 0. The average molecular weight is 985 g/mol. The molecule has 8 rings (SSSR count). The Balaban J connectivity index is 1.29. The Morgan fingerprint density at radius 3 is 0.542 bits per heavy atom. The molecule has 0 radical (unpaired) electrons. The highest BCUT2D eigenvalue weighted by atomic mass is 19.2. The van der Waals surface area contributed by atoms with Crippen molar-refractivity contribution in [3.8, 4) is 79.5 Å². The Bertz CT molecular complexity index is 2950. The zero-order chi connectivity index (χ0) is 52.6. The minimum absolute atomic E-state index is 0.135. The molecule has 0 unspecified atom stereocenters. The lowest BCUT2D eigenvalue weighted by Crippen LogP contribution is -2.12. The fraction of sp³-hybridized carbons (Fsp3) is 0.276. The summed E-state index contributed by atoms with van der Waals surface area (Å²) in [6, 6.07) is 27.7. The van der Waals surface area contributed by atoms with E-state index >= 15 is 35.1 Å². The van der Waals surface area contributed by atoms with Gasteiger partial charge in [-0.25, -0.2) is 65.0 Å².